The van der Waals surface area contributed by atoms with Crippen LogP contribution in [0.25, 0.3) is 11.1 Å². The van der Waals surface area contributed by atoms with E-state index in [9.17, 15) is 26.0 Å². The van der Waals surface area contributed by atoms with Crippen molar-refractivity contribution in [3.8, 4) is 11.1 Å². The van der Waals surface area contributed by atoms with Crippen LogP contribution in [-0.4, -0.2) is 46.2 Å². The van der Waals surface area contributed by atoms with Crippen molar-refractivity contribution in [1.29, 1.82) is 0 Å². The largest absolute Gasteiger partial charge is 0.369 e. The fraction of sp³-hybridized carbons (Fsp3) is 0.250. The number of ketones is 1. The lowest BCUT2D eigenvalue weighted by molar-refractivity contribution is 0.0958. The van der Waals surface area contributed by atoms with Gasteiger partial charge in [-0.05, 0) is 42.3 Å². The maximum atomic E-state index is 15.2. The normalized spacial score (nSPS) is 15.1. The number of rotatable bonds is 9. The number of fused-ring (bicyclic) bond motifs is 1. The second-order valence-electron chi connectivity index (χ2n) is 8.62. The minimum atomic E-state index is -3.87. The molecule has 0 aliphatic carbocycles. The minimum Gasteiger partial charge on any atom is -0.369 e. The number of Topliss-reactive ketones (excluding diaryl/α,β-unsaturated/α-hetero) is 1. The molecule has 1 unspecified atom stereocenters. The number of nitrogens with zero attached hydrogens (tertiary/aromatic N) is 1. The molecule has 0 bridgehead atoms. The highest BCUT2D eigenvalue weighted by Crippen LogP contribution is 2.37. The number of anilines is 3. The van der Waals surface area contributed by atoms with Gasteiger partial charge < -0.3 is 5.32 Å². The topological polar surface area (TPSA) is 134 Å². The Morgan fingerprint density at radius 3 is 2.54 bits per heavy atom. The van der Waals surface area contributed by atoms with Crippen molar-refractivity contribution in [1.82, 2.24) is 4.98 Å². The van der Waals surface area contributed by atoms with Gasteiger partial charge in [0.05, 0.1) is 29.2 Å². The van der Waals surface area contributed by atoms with E-state index in [0.717, 1.165) is 18.4 Å². The summed E-state index contributed by atoms with van der Waals surface area (Å²) in [7, 11) is -7.37. The molecule has 0 saturated heterocycles. The molecular formula is C24H24F2N4O5S2. The molecule has 9 nitrogen and oxygen atoms in total. The van der Waals surface area contributed by atoms with Gasteiger partial charge in [-0.1, -0.05) is 19.1 Å². The van der Waals surface area contributed by atoms with Crippen LogP contribution in [0.3, 0.4) is 0 Å². The number of sulfonamides is 2. The molecule has 37 heavy (non-hydrogen) atoms. The van der Waals surface area contributed by atoms with Gasteiger partial charge in [0, 0.05) is 29.6 Å². The fourth-order valence-corrected chi connectivity index (χ4v) is 5.78. The molecule has 1 aliphatic heterocycles. The van der Waals surface area contributed by atoms with E-state index in [1.165, 1.54) is 6.20 Å². The number of carbonyl (C=O) groups is 1. The Balaban J connectivity index is 1.69. The van der Waals surface area contributed by atoms with Crippen molar-refractivity contribution in [2.24, 2.45) is 0 Å². The number of carbonyl (C=O) groups excluding carboxylic acids is 1. The van der Waals surface area contributed by atoms with Crippen LogP contribution in [0.5, 0.6) is 0 Å². The Hall–Kier alpha value is -3.58. The number of aromatic nitrogens is 1. The second-order valence-corrected chi connectivity index (χ2v) is 12.2. The highest BCUT2D eigenvalue weighted by atomic mass is 32.2. The molecule has 0 spiro atoms. The van der Waals surface area contributed by atoms with E-state index in [1.54, 1.807) is 37.3 Å². The molecule has 13 heteroatoms. The van der Waals surface area contributed by atoms with Gasteiger partial charge in [-0.3, -0.25) is 14.2 Å². The van der Waals surface area contributed by atoms with Gasteiger partial charge in [-0.25, -0.2) is 30.6 Å². The molecule has 0 amide bonds. The Labute approximate surface area is 213 Å². The molecule has 0 radical (unpaired) electrons. The number of hydrogen-bond acceptors (Lipinski definition) is 7. The maximum absolute atomic E-state index is 15.2. The summed E-state index contributed by atoms with van der Waals surface area (Å²) in [5.74, 6) is -4.16. The van der Waals surface area contributed by atoms with Crippen LogP contribution in [0.1, 0.15) is 35.2 Å². The molecule has 3 N–H and O–H groups in total. The van der Waals surface area contributed by atoms with Crippen molar-refractivity contribution < 1.29 is 30.4 Å². The first-order valence-corrected chi connectivity index (χ1v) is 14.8. The van der Waals surface area contributed by atoms with Gasteiger partial charge in [0.25, 0.3) is 0 Å². The van der Waals surface area contributed by atoms with Crippen LogP contribution in [0.2, 0.25) is 0 Å². The van der Waals surface area contributed by atoms with Crippen LogP contribution >= 0.6 is 0 Å². The minimum absolute atomic E-state index is 0.0327. The Morgan fingerprint density at radius 2 is 1.84 bits per heavy atom. The zero-order valence-electron chi connectivity index (χ0n) is 19.9. The highest BCUT2D eigenvalue weighted by molar-refractivity contribution is 7.92. The molecule has 4 rings (SSSR count). The molecule has 1 aromatic heterocycles. The SMILES string of the molecule is CCCS(=O)(=O)Nc1ccc(F)c(C(=O)C2CNc3ncc(-c4cccc(NS(C)(=O)=O)c4)cc32)c1F. The summed E-state index contributed by atoms with van der Waals surface area (Å²) >= 11 is 0. The van der Waals surface area contributed by atoms with Gasteiger partial charge in [0.2, 0.25) is 20.0 Å². The Morgan fingerprint density at radius 1 is 1.08 bits per heavy atom. The van der Waals surface area contributed by atoms with Gasteiger partial charge in [-0.2, -0.15) is 0 Å². The lowest BCUT2D eigenvalue weighted by Gasteiger charge is -2.15. The van der Waals surface area contributed by atoms with Crippen LogP contribution in [0.15, 0.2) is 48.7 Å². The molecule has 1 aliphatic rings. The molecule has 0 fully saturated rings. The van der Waals surface area contributed by atoms with E-state index in [0.29, 0.717) is 28.2 Å². The van der Waals surface area contributed by atoms with Gasteiger partial charge in [0.1, 0.15) is 11.6 Å². The zero-order valence-corrected chi connectivity index (χ0v) is 21.5. The third-order valence-electron chi connectivity index (χ3n) is 5.66. The van der Waals surface area contributed by atoms with Crippen LogP contribution in [0, 0.1) is 11.6 Å². The first-order valence-electron chi connectivity index (χ1n) is 11.2. The molecule has 2 heterocycles. The number of halogens is 2. The van der Waals surface area contributed by atoms with Gasteiger partial charge in [-0.15, -0.1) is 0 Å². The molecule has 3 aromatic rings. The summed E-state index contributed by atoms with van der Waals surface area (Å²) in [6.45, 7) is 1.67. The summed E-state index contributed by atoms with van der Waals surface area (Å²) < 4.78 is 81.7. The number of pyridine rings is 1. The van der Waals surface area contributed by atoms with Gasteiger partial charge >= 0.3 is 0 Å². The summed E-state index contributed by atoms with van der Waals surface area (Å²) in [6, 6.07) is 9.97. The van der Waals surface area contributed by atoms with E-state index in [1.807, 2.05) is 0 Å². The predicted molar refractivity (Wildman–Crippen MR) is 138 cm³/mol. The average molecular weight is 551 g/mol. The number of nitrogens with one attached hydrogen (secondary N) is 3. The van der Waals surface area contributed by atoms with Gasteiger partial charge in [0.15, 0.2) is 11.6 Å². The zero-order chi connectivity index (χ0) is 27.0. The van der Waals surface area contributed by atoms with E-state index in [2.05, 4.69) is 19.7 Å². The Bertz CT molecular complexity index is 1590. The first kappa shape index (κ1) is 26.5. The summed E-state index contributed by atoms with van der Waals surface area (Å²) in [4.78, 5) is 17.7. The number of benzene rings is 2. The average Bonchev–Trinajstić information content (AvgIpc) is 3.23. The lowest BCUT2D eigenvalue weighted by Crippen LogP contribution is -2.21. The van der Waals surface area contributed by atoms with Crippen LogP contribution in [0.4, 0.5) is 26.0 Å². The lowest BCUT2D eigenvalue weighted by atomic mass is 9.91. The van der Waals surface area contributed by atoms with Crippen LogP contribution < -0.4 is 14.8 Å². The van der Waals surface area contributed by atoms with Crippen molar-refractivity contribution in [2.75, 3.05) is 33.3 Å². The summed E-state index contributed by atoms with van der Waals surface area (Å²) in [6.07, 6.45) is 2.85. The standard InChI is InChI=1S/C24H24F2N4O5S2/c1-3-9-37(34,35)30-20-8-7-19(25)21(22(20)26)23(31)18-13-28-24-17(18)11-15(12-27-24)14-5-4-6-16(10-14)29-36(2,32)33/h4-8,10-12,18,29-30H,3,9,13H2,1-2H3,(H,27,28). The van der Waals surface area contributed by atoms with E-state index in [4.69, 9.17) is 0 Å². The quantitative estimate of drug-likeness (QED) is 0.344. The molecular weight excluding hydrogens is 526 g/mol. The van der Waals surface area contributed by atoms with E-state index in [-0.39, 0.29) is 18.7 Å². The molecule has 2 aromatic carbocycles. The summed E-state index contributed by atoms with van der Waals surface area (Å²) in [5.41, 5.74) is 0.538. The first-order chi connectivity index (χ1) is 17.4. The predicted octanol–water partition coefficient (Wildman–Crippen LogP) is 3.94. The third kappa shape index (κ3) is 5.88. The third-order valence-corrected chi connectivity index (χ3v) is 7.74. The molecule has 196 valence electrons. The fourth-order valence-electron chi connectivity index (χ4n) is 4.09. The maximum Gasteiger partial charge on any atom is 0.232 e. The van der Waals surface area contributed by atoms with E-state index >= 15 is 4.39 Å². The second kappa shape index (κ2) is 10.1. The monoisotopic (exact) mass is 550 g/mol. The van der Waals surface area contributed by atoms with Crippen molar-refractivity contribution >= 4 is 43.0 Å². The number of hydrogen-bond donors (Lipinski definition) is 3. The van der Waals surface area contributed by atoms with Crippen molar-refractivity contribution in [3.63, 3.8) is 0 Å². The summed E-state index contributed by atoms with van der Waals surface area (Å²) in [5, 5.41) is 2.95. The van der Waals surface area contributed by atoms with Crippen LogP contribution in [-0.2, 0) is 20.0 Å². The van der Waals surface area contributed by atoms with Crippen molar-refractivity contribution in [2.45, 2.75) is 19.3 Å². The van der Waals surface area contributed by atoms with Crippen molar-refractivity contribution in [3.05, 3.63) is 71.4 Å². The van der Waals surface area contributed by atoms with E-state index < -0.39 is 54.6 Å². The Kier molecular flexibility index (Phi) is 7.20. The smallest absolute Gasteiger partial charge is 0.232 e. The molecule has 1 atom stereocenters. The molecule has 0 saturated carbocycles. The highest BCUT2D eigenvalue weighted by Gasteiger charge is 2.34.